The van der Waals surface area contributed by atoms with Crippen LogP contribution in [0.5, 0.6) is 0 Å². The van der Waals surface area contributed by atoms with E-state index >= 15 is 0 Å². The first-order valence-corrected chi connectivity index (χ1v) is 6.52. The second-order valence-electron chi connectivity index (χ2n) is 4.96. The van der Waals surface area contributed by atoms with Crippen molar-refractivity contribution in [1.82, 2.24) is 4.90 Å². The van der Waals surface area contributed by atoms with Crippen LogP contribution in [-0.4, -0.2) is 30.4 Å². The van der Waals surface area contributed by atoms with Gasteiger partial charge in [-0.1, -0.05) is 24.3 Å². The Bertz CT molecular complexity index is 484. The third-order valence-corrected chi connectivity index (χ3v) is 3.66. The summed E-state index contributed by atoms with van der Waals surface area (Å²) in [5.41, 5.74) is 2.29. The molecule has 0 aliphatic carbocycles. The van der Waals surface area contributed by atoms with Gasteiger partial charge in [0.05, 0.1) is 13.0 Å². The Labute approximate surface area is 113 Å². The number of rotatable bonds is 3. The second kappa shape index (κ2) is 5.87. The molecule has 0 bridgehead atoms. The Morgan fingerprint density at radius 2 is 2.16 bits per heavy atom. The van der Waals surface area contributed by atoms with Crippen LogP contribution in [0.4, 0.5) is 0 Å². The predicted octanol–water partition coefficient (Wildman–Crippen LogP) is 1.91. The molecule has 1 aliphatic heterocycles. The van der Waals surface area contributed by atoms with Gasteiger partial charge in [0.2, 0.25) is 5.91 Å². The molecular weight excluding hydrogens is 242 g/mol. The summed E-state index contributed by atoms with van der Waals surface area (Å²) in [5, 5.41) is 0. The number of methoxy groups -OCH3 is 1. The number of nitrogens with zero attached hydrogens (tertiary/aromatic N) is 1. The van der Waals surface area contributed by atoms with Crippen molar-refractivity contribution in [2.45, 2.75) is 26.3 Å². The van der Waals surface area contributed by atoms with Gasteiger partial charge in [-0.25, -0.2) is 0 Å². The minimum atomic E-state index is -0.220. The molecule has 1 aromatic carbocycles. The van der Waals surface area contributed by atoms with E-state index in [9.17, 15) is 9.59 Å². The third kappa shape index (κ3) is 3.13. The molecule has 2 rings (SSSR count). The van der Waals surface area contributed by atoms with Crippen LogP contribution in [0, 0.1) is 12.8 Å². The standard InChI is InChI=1S/C15H19NO3/c1-11-5-3-4-6-12(11)9-16-10-13(15(18)19-2)7-8-14(16)17/h3-6,13H,7-10H2,1-2H3/t13-/m1/s1. The summed E-state index contributed by atoms with van der Waals surface area (Å²) in [5.74, 6) is -0.294. The van der Waals surface area contributed by atoms with Crippen molar-refractivity contribution in [2.24, 2.45) is 5.92 Å². The fraction of sp³-hybridized carbons (Fsp3) is 0.467. The molecule has 1 fully saturated rings. The molecular formula is C15H19NO3. The minimum Gasteiger partial charge on any atom is -0.469 e. The number of ether oxygens (including phenoxy) is 1. The van der Waals surface area contributed by atoms with E-state index in [1.54, 1.807) is 4.90 Å². The summed E-state index contributed by atoms with van der Waals surface area (Å²) >= 11 is 0. The number of carbonyl (C=O) groups is 2. The van der Waals surface area contributed by atoms with Crippen LogP contribution in [0.1, 0.15) is 24.0 Å². The molecule has 0 aromatic heterocycles. The molecule has 1 heterocycles. The summed E-state index contributed by atoms with van der Waals surface area (Å²) in [6.07, 6.45) is 1.02. The summed E-state index contributed by atoms with van der Waals surface area (Å²) in [6.45, 7) is 3.06. The van der Waals surface area contributed by atoms with E-state index in [1.807, 2.05) is 31.2 Å². The number of amides is 1. The SMILES string of the molecule is COC(=O)[C@@H]1CCC(=O)N(Cc2ccccc2C)C1. The predicted molar refractivity (Wildman–Crippen MR) is 71.3 cm³/mol. The first kappa shape index (κ1) is 13.6. The zero-order valence-electron chi connectivity index (χ0n) is 11.4. The molecule has 0 N–H and O–H groups in total. The Hall–Kier alpha value is -1.84. The van der Waals surface area contributed by atoms with Crippen molar-refractivity contribution in [3.8, 4) is 0 Å². The van der Waals surface area contributed by atoms with Crippen molar-refractivity contribution >= 4 is 11.9 Å². The molecule has 1 saturated heterocycles. The highest BCUT2D eigenvalue weighted by Crippen LogP contribution is 2.21. The summed E-state index contributed by atoms with van der Waals surface area (Å²) < 4.78 is 4.77. The Morgan fingerprint density at radius 3 is 2.84 bits per heavy atom. The number of likely N-dealkylation sites (tertiary alicyclic amines) is 1. The molecule has 1 aromatic rings. The van der Waals surface area contributed by atoms with Gasteiger partial charge in [0.15, 0.2) is 0 Å². The first-order valence-electron chi connectivity index (χ1n) is 6.52. The lowest BCUT2D eigenvalue weighted by molar-refractivity contribution is -0.150. The summed E-state index contributed by atoms with van der Waals surface area (Å²) in [6, 6.07) is 7.99. The highest BCUT2D eigenvalue weighted by atomic mass is 16.5. The topological polar surface area (TPSA) is 46.6 Å². The van der Waals surface area contributed by atoms with Gasteiger partial charge in [-0.2, -0.15) is 0 Å². The monoisotopic (exact) mass is 261 g/mol. The zero-order chi connectivity index (χ0) is 13.8. The maximum absolute atomic E-state index is 11.9. The number of carbonyl (C=O) groups excluding carboxylic acids is 2. The summed E-state index contributed by atoms with van der Waals surface area (Å²) in [4.78, 5) is 25.3. The average molecular weight is 261 g/mol. The third-order valence-electron chi connectivity index (χ3n) is 3.66. The Balaban J connectivity index is 2.08. The average Bonchev–Trinajstić information content (AvgIpc) is 2.42. The van der Waals surface area contributed by atoms with Crippen LogP contribution in [0.25, 0.3) is 0 Å². The fourth-order valence-corrected chi connectivity index (χ4v) is 2.42. The van der Waals surface area contributed by atoms with Crippen LogP contribution in [0.2, 0.25) is 0 Å². The van der Waals surface area contributed by atoms with Crippen LogP contribution in [-0.2, 0) is 20.9 Å². The summed E-state index contributed by atoms with van der Waals surface area (Å²) in [7, 11) is 1.39. The lowest BCUT2D eigenvalue weighted by Gasteiger charge is -2.31. The van der Waals surface area contributed by atoms with Gasteiger partial charge in [-0.3, -0.25) is 9.59 Å². The molecule has 0 spiro atoms. The van der Waals surface area contributed by atoms with Crippen LogP contribution < -0.4 is 0 Å². The molecule has 102 valence electrons. The number of esters is 1. The van der Waals surface area contributed by atoms with Gasteiger partial charge < -0.3 is 9.64 Å². The lowest BCUT2D eigenvalue weighted by Crippen LogP contribution is -2.42. The smallest absolute Gasteiger partial charge is 0.310 e. The number of hydrogen-bond acceptors (Lipinski definition) is 3. The molecule has 4 nitrogen and oxygen atoms in total. The zero-order valence-corrected chi connectivity index (χ0v) is 11.4. The van der Waals surface area contributed by atoms with E-state index in [-0.39, 0.29) is 17.8 Å². The van der Waals surface area contributed by atoms with Crippen molar-refractivity contribution in [3.63, 3.8) is 0 Å². The number of benzene rings is 1. The largest absolute Gasteiger partial charge is 0.469 e. The normalized spacial score (nSPS) is 19.4. The van der Waals surface area contributed by atoms with Gasteiger partial charge in [-0.05, 0) is 24.5 Å². The van der Waals surface area contributed by atoms with E-state index < -0.39 is 0 Å². The van der Waals surface area contributed by atoms with Gasteiger partial charge >= 0.3 is 5.97 Å². The van der Waals surface area contributed by atoms with Crippen LogP contribution >= 0.6 is 0 Å². The van der Waals surface area contributed by atoms with Crippen LogP contribution in [0.15, 0.2) is 24.3 Å². The van der Waals surface area contributed by atoms with Gasteiger partial charge in [0.1, 0.15) is 0 Å². The van der Waals surface area contributed by atoms with E-state index in [4.69, 9.17) is 4.74 Å². The fourth-order valence-electron chi connectivity index (χ4n) is 2.42. The molecule has 0 unspecified atom stereocenters. The first-order chi connectivity index (χ1) is 9.11. The number of piperidine rings is 1. The van der Waals surface area contributed by atoms with Crippen molar-refractivity contribution in [3.05, 3.63) is 35.4 Å². The maximum Gasteiger partial charge on any atom is 0.310 e. The van der Waals surface area contributed by atoms with Crippen molar-refractivity contribution in [1.29, 1.82) is 0 Å². The number of aryl methyl sites for hydroxylation is 1. The van der Waals surface area contributed by atoms with Crippen molar-refractivity contribution < 1.29 is 14.3 Å². The van der Waals surface area contributed by atoms with E-state index in [1.165, 1.54) is 7.11 Å². The van der Waals surface area contributed by atoms with Crippen molar-refractivity contribution in [2.75, 3.05) is 13.7 Å². The van der Waals surface area contributed by atoms with E-state index in [2.05, 4.69) is 0 Å². The maximum atomic E-state index is 11.9. The number of hydrogen-bond donors (Lipinski definition) is 0. The molecule has 1 atom stereocenters. The van der Waals surface area contributed by atoms with Gasteiger partial charge in [0, 0.05) is 19.5 Å². The highest BCUT2D eigenvalue weighted by Gasteiger charge is 2.30. The minimum absolute atomic E-state index is 0.114. The van der Waals surface area contributed by atoms with E-state index in [0.29, 0.717) is 25.9 Å². The van der Waals surface area contributed by atoms with Gasteiger partial charge in [0.25, 0.3) is 0 Å². The Kier molecular flexibility index (Phi) is 4.20. The Morgan fingerprint density at radius 1 is 1.42 bits per heavy atom. The van der Waals surface area contributed by atoms with Crippen LogP contribution in [0.3, 0.4) is 0 Å². The molecule has 0 saturated carbocycles. The molecule has 4 heteroatoms. The van der Waals surface area contributed by atoms with E-state index in [0.717, 1.165) is 11.1 Å². The van der Waals surface area contributed by atoms with Gasteiger partial charge in [-0.15, -0.1) is 0 Å². The molecule has 1 amide bonds. The molecule has 0 radical (unpaired) electrons. The lowest BCUT2D eigenvalue weighted by atomic mass is 9.96. The highest BCUT2D eigenvalue weighted by molar-refractivity contribution is 5.81. The second-order valence-corrected chi connectivity index (χ2v) is 4.96. The molecule has 19 heavy (non-hydrogen) atoms. The molecule has 1 aliphatic rings. The quantitative estimate of drug-likeness (QED) is 0.781.